The van der Waals surface area contributed by atoms with Crippen molar-refractivity contribution in [3.63, 3.8) is 0 Å². The molecule has 0 saturated heterocycles. The average molecular weight is 765 g/mol. The summed E-state index contributed by atoms with van der Waals surface area (Å²) in [5.74, 6) is 0. The molecule has 0 aliphatic rings. The van der Waals surface area contributed by atoms with Crippen LogP contribution in [0.3, 0.4) is 0 Å². The van der Waals surface area contributed by atoms with Crippen LogP contribution in [0.2, 0.25) is 0 Å². The van der Waals surface area contributed by atoms with E-state index in [4.69, 9.17) is 0 Å². The number of hydrogen-bond donors (Lipinski definition) is 0. The first-order valence-electron chi connectivity index (χ1n) is 0. The van der Waals surface area contributed by atoms with Crippen molar-refractivity contribution < 1.29 is 182 Å². The summed E-state index contributed by atoms with van der Waals surface area (Å²) in [6, 6.07) is 0. The second-order valence-electron chi connectivity index (χ2n) is 0. The van der Waals surface area contributed by atoms with Gasteiger partial charge in [-0.2, -0.15) is 0 Å². The molecule has 5 heteroatoms. The van der Waals surface area contributed by atoms with E-state index in [2.05, 4.69) is 0 Å². The van der Waals surface area contributed by atoms with Crippen molar-refractivity contribution in [2.75, 3.05) is 0 Å². The third kappa shape index (κ3) is 17.8. The molecule has 0 aliphatic carbocycles. The van der Waals surface area contributed by atoms with Crippen molar-refractivity contribution in [3.8, 4) is 0 Å². The monoisotopic (exact) mass is 764 g/mol. The molecular formula is ErHoLuTmY. The average Bonchev–Trinajstić information content (AvgIpc) is 0. The fraction of sp³-hybridized carbons (Fsp3) is 0. The zero-order valence-corrected chi connectivity index (χ0v) is 11.8. The summed E-state index contributed by atoms with van der Waals surface area (Å²) in [5.41, 5.74) is 0. The Kier molecular flexibility index (Phi) is 137. The van der Waals surface area contributed by atoms with Crippen molar-refractivity contribution >= 4 is 0 Å². The first kappa shape index (κ1) is 30.5. The quantitative estimate of drug-likeness (QED) is 0.305. The zero-order chi connectivity index (χ0) is 0. The van der Waals surface area contributed by atoms with Gasteiger partial charge < -0.3 is 0 Å². The summed E-state index contributed by atoms with van der Waals surface area (Å²) in [6.07, 6.45) is 0. The first-order chi connectivity index (χ1) is 0. The van der Waals surface area contributed by atoms with Crippen LogP contribution in [-0.4, -0.2) is 0 Å². The van der Waals surface area contributed by atoms with Gasteiger partial charge in [0.2, 0.25) is 0 Å². The molecule has 0 aromatic rings. The predicted molar refractivity (Wildman–Crippen MR) is 0 cm³/mol. The summed E-state index contributed by atoms with van der Waals surface area (Å²) >= 11 is 0. The van der Waals surface area contributed by atoms with E-state index in [9.17, 15) is 0 Å². The Morgan fingerprint density at radius 1 is 1.00 bits per heavy atom. The third-order valence-corrected chi connectivity index (χ3v) is 0. The molecule has 0 fully saturated rings. The van der Waals surface area contributed by atoms with Crippen molar-refractivity contribution in [2.24, 2.45) is 0 Å². The van der Waals surface area contributed by atoms with Crippen molar-refractivity contribution in [3.05, 3.63) is 0 Å². The van der Waals surface area contributed by atoms with E-state index in [1.807, 2.05) is 0 Å². The zero-order valence-electron chi connectivity index (χ0n) is 1.70. The van der Waals surface area contributed by atoms with E-state index >= 15 is 0 Å². The van der Waals surface area contributed by atoms with Gasteiger partial charge in [0.05, 0.1) is 0 Å². The van der Waals surface area contributed by atoms with E-state index in [0.29, 0.717) is 0 Å². The van der Waals surface area contributed by atoms with Gasteiger partial charge in [-0.25, -0.2) is 0 Å². The maximum Gasteiger partial charge on any atom is 0 e. The summed E-state index contributed by atoms with van der Waals surface area (Å²) in [4.78, 5) is 0. The summed E-state index contributed by atoms with van der Waals surface area (Å²) < 4.78 is 0. The van der Waals surface area contributed by atoms with Crippen LogP contribution in [0.15, 0.2) is 0 Å². The molecule has 0 heterocycles. The Hall–Kier alpha value is 6.08. The van der Waals surface area contributed by atoms with Crippen LogP contribution in [0, 0.1) is 149 Å². The molecule has 0 spiro atoms. The summed E-state index contributed by atoms with van der Waals surface area (Å²) in [7, 11) is 0. The van der Waals surface area contributed by atoms with Gasteiger partial charge >= 0.3 is 0 Å². The van der Waals surface area contributed by atoms with Crippen LogP contribution >= 0.6 is 0 Å². The minimum absolute atomic E-state index is 0. The molecule has 0 aliphatic heterocycles. The van der Waals surface area contributed by atoms with Crippen LogP contribution in [0.25, 0.3) is 0 Å². The van der Waals surface area contributed by atoms with Gasteiger partial charge in [-0.1, -0.05) is 0 Å². The molecule has 0 unspecified atom stereocenters. The summed E-state index contributed by atoms with van der Waals surface area (Å²) in [6.45, 7) is 0. The maximum absolute atomic E-state index is 0. The van der Waals surface area contributed by atoms with Crippen molar-refractivity contribution in [1.29, 1.82) is 0 Å². The molecule has 0 aromatic heterocycles. The SMILES string of the molecule is [Er].[Ho].[Lu].[Tm].[Y]. The molecule has 5 heavy (non-hydrogen) atoms. The normalized spacial score (nSPS) is 0. The molecule has 0 saturated carbocycles. The van der Waals surface area contributed by atoms with Gasteiger partial charge in [0, 0.05) is 182 Å². The summed E-state index contributed by atoms with van der Waals surface area (Å²) in [5, 5.41) is 0. The Balaban J connectivity index is 0. The van der Waals surface area contributed by atoms with Crippen molar-refractivity contribution in [2.45, 2.75) is 0 Å². The molecule has 0 aromatic carbocycles. The minimum atomic E-state index is 0. The molecule has 0 amide bonds. The fourth-order valence-electron chi connectivity index (χ4n) is 0. The van der Waals surface area contributed by atoms with E-state index in [-0.39, 0.29) is 182 Å². The minimum Gasteiger partial charge on any atom is 0 e. The van der Waals surface area contributed by atoms with Gasteiger partial charge in [0.1, 0.15) is 0 Å². The molecule has 0 bridgehead atoms. The van der Waals surface area contributed by atoms with Gasteiger partial charge in [0.25, 0.3) is 0 Å². The molecule has 4 radical (unpaired) electrons. The van der Waals surface area contributed by atoms with E-state index in [0.717, 1.165) is 0 Å². The largest absolute Gasteiger partial charge is 0 e. The third-order valence-electron chi connectivity index (χ3n) is 0. The van der Waals surface area contributed by atoms with E-state index < -0.39 is 0 Å². The first-order valence-corrected chi connectivity index (χ1v) is 0. The van der Waals surface area contributed by atoms with Crippen LogP contribution in [0.1, 0.15) is 0 Å². The van der Waals surface area contributed by atoms with Crippen LogP contribution in [0.5, 0.6) is 0 Å². The standard InChI is InChI=1S/Er.Ho.Lu.Tm.Y. The number of rotatable bonds is 0. The maximum atomic E-state index is 0. The van der Waals surface area contributed by atoms with Gasteiger partial charge in [-0.3, -0.25) is 0 Å². The van der Waals surface area contributed by atoms with Crippen LogP contribution in [-0.2, 0) is 32.7 Å². The van der Waals surface area contributed by atoms with Crippen LogP contribution in [0.4, 0.5) is 0 Å². The van der Waals surface area contributed by atoms with Crippen molar-refractivity contribution in [1.82, 2.24) is 0 Å². The van der Waals surface area contributed by atoms with Gasteiger partial charge in [0.15, 0.2) is 0 Å². The topological polar surface area (TPSA) is 0 Å². The van der Waals surface area contributed by atoms with Gasteiger partial charge in [-0.15, -0.1) is 0 Å². The fourth-order valence-corrected chi connectivity index (χ4v) is 0. The Labute approximate surface area is 175 Å². The molecule has 0 atom stereocenters. The predicted octanol–water partition coefficient (Wildman–Crippen LogP) is -0.00250. The Morgan fingerprint density at radius 2 is 1.00 bits per heavy atom. The second-order valence-corrected chi connectivity index (χ2v) is 0. The number of hydrogen-bond acceptors (Lipinski definition) is 0. The smallest absolute Gasteiger partial charge is 0 e. The second kappa shape index (κ2) is 22.5. The van der Waals surface area contributed by atoms with E-state index in [1.54, 1.807) is 0 Å². The molecule has 0 N–H and O–H groups in total. The Bertz CT molecular complexity index is 11.6. The molecule has 0 nitrogen and oxygen atoms in total. The van der Waals surface area contributed by atoms with E-state index in [1.165, 1.54) is 0 Å². The molecule has 54 valence electrons. The van der Waals surface area contributed by atoms with Gasteiger partial charge in [-0.05, 0) is 0 Å². The molecular weight excluding hydrogens is 765 g/mol. The Morgan fingerprint density at radius 3 is 1.00 bits per heavy atom. The van der Waals surface area contributed by atoms with Crippen LogP contribution < -0.4 is 0 Å². The molecule has 0 rings (SSSR count).